The van der Waals surface area contributed by atoms with Crippen LogP contribution in [0.3, 0.4) is 0 Å². The second-order valence-corrected chi connectivity index (χ2v) is 0.999. The minimum Gasteiger partial charge on any atom is -0.354 e. The van der Waals surface area contributed by atoms with Crippen molar-refractivity contribution in [3.8, 4) is 0 Å². The van der Waals surface area contributed by atoms with Crippen LogP contribution in [0, 0.1) is 0 Å². The summed E-state index contributed by atoms with van der Waals surface area (Å²) in [4.78, 5) is 0. The van der Waals surface area contributed by atoms with E-state index >= 15 is 0 Å². The predicted molar refractivity (Wildman–Crippen MR) is 16.7 cm³/mol. The first-order chi connectivity index (χ1) is 2.43. The van der Waals surface area contributed by atoms with Crippen LogP contribution in [0.1, 0.15) is 0 Å². The molecular formula is C3H6O2. The van der Waals surface area contributed by atoms with Crippen molar-refractivity contribution in [3.05, 3.63) is 0 Å². The van der Waals surface area contributed by atoms with Gasteiger partial charge >= 0.3 is 0 Å². The molecule has 30 valence electrons. The van der Waals surface area contributed by atoms with Crippen LogP contribution in [0.15, 0.2) is 0 Å². The molecule has 2 nitrogen and oxygen atoms in total. The number of hydrogen-bond acceptors (Lipinski definition) is 2. The van der Waals surface area contributed by atoms with Crippen molar-refractivity contribution < 1.29 is 9.47 Å². The van der Waals surface area contributed by atoms with Crippen LogP contribution in [-0.4, -0.2) is 20.0 Å². The van der Waals surface area contributed by atoms with E-state index in [9.17, 15) is 0 Å². The molecule has 2 heteroatoms. The number of epoxide rings is 1. The molecule has 0 aromatic heterocycles. The lowest BCUT2D eigenvalue weighted by Crippen LogP contribution is -1.83. The summed E-state index contributed by atoms with van der Waals surface area (Å²) in [6.45, 7) is 0.788. The summed E-state index contributed by atoms with van der Waals surface area (Å²) in [6, 6.07) is 0. The largest absolute Gasteiger partial charge is 0.354 e. The number of hydrogen-bond donors (Lipinski definition) is 0. The molecule has 0 radical (unpaired) electrons. The summed E-state index contributed by atoms with van der Waals surface area (Å²) < 4.78 is 9.27. The van der Waals surface area contributed by atoms with Crippen LogP contribution in [-0.2, 0) is 9.47 Å². The fourth-order valence-corrected chi connectivity index (χ4v) is 0.175. The van der Waals surface area contributed by atoms with E-state index in [1.54, 1.807) is 7.11 Å². The van der Waals surface area contributed by atoms with Gasteiger partial charge in [-0.15, -0.1) is 0 Å². The molecule has 0 unspecified atom stereocenters. The van der Waals surface area contributed by atoms with E-state index in [0.29, 0.717) is 0 Å². The third-order valence-electron chi connectivity index (χ3n) is 0.566. The summed E-state index contributed by atoms with van der Waals surface area (Å²) in [6.07, 6.45) is 0.134. The quantitative estimate of drug-likeness (QED) is 0.408. The van der Waals surface area contributed by atoms with Gasteiger partial charge in [0.2, 0.25) is 0 Å². The van der Waals surface area contributed by atoms with Gasteiger partial charge in [-0.3, -0.25) is 0 Å². The Morgan fingerprint density at radius 3 is 2.60 bits per heavy atom. The second kappa shape index (κ2) is 0.954. The van der Waals surface area contributed by atoms with Crippen molar-refractivity contribution in [2.45, 2.75) is 6.29 Å². The van der Waals surface area contributed by atoms with E-state index in [4.69, 9.17) is 0 Å². The second-order valence-electron chi connectivity index (χ2n) is 0.999. The molecule has 0 aliphatic carbocycles. The highest BCUT2D eigenvalue weighted by Gasteiger charge is 2.20. The Morgan fingerprint density at radius 2 is 2.60 bits per heavy atom. The average Bonchev–Trinajstić information content (AvgIpc) is 2.12. The Labute approximate surface area is 30.7 Å². The van der Waals surface area contributed by atoms with E-state index < -0.39 is 0 Å². The zero-order valence-electron chi connectivity index (χ0n) is 3.10. The van der Waals surface area contributed by atoms with Gasteiger partial charge in [-0.25, -0.2) is 0 Å². The van der Waals surface area contributed by atoms with Gasteiger partial charge in [-0.1, -0.05) is 0 Å². The van der Waals surface area contributed by atoms with E-state index in [-0.39, 0.29) is 6.29 Å². The topological polar surface area (TPSA) is 21.8 Å². The molecule has 0 bridgehead atoms. The summed E-state index contributed by atoms with van der Waals surface area (Å²) in [7, 11) is 1.64. The van der Waals surface area contributed by atoms with Crippen LogP contribution < -0.4 is 0 Å². The van der Waals surface area contributed by atoms with Gasteiger partial charge in [0.05, 0.1) is 0 Å². The van der Waals surface area contributed by atoms with Crippen molar-refractivity contribution in [3.63, 3.8) is 0 Å². The number of methoxy groups -OCH3 is 1. The molecule has 0 spiro atoms. The maximum Gasteiger partial charge on any atom is 0.180 e. The highest BCUT2D eigenvalue weighted by Crippen LogP contribution is 2.06. The van der Waals surface area contributed by atoms with Gasteiger partial charge in [-0.05, 0) is 0 Å². The standard InChI is InChI=1S/C3H6O2/c1-4-3-2-5-3/h3H,2H2,1H3/t3-/m0/s1. The summed E-state index contributed by atoms with van der Waals surface area (Å²) in [5.74, 6) is 0. The van der Waals surface area contributed by atoms with Gasteiger partial charge < -0.3 is 9.47 Å². The monoisotopic (exact) mass is 74.0 g/mol. The van der Waals surface area contributed by atoms with E-state index in [1.165, 1.54) is 0 Å². The van der Waals surface area contributed by atoms with Gasteiger partial charge in [-0.2, -0.15) is 0 Å². The van der Waals surface area contributed by atoms with Crippen LogP contribution >= 0.6 is 0 Å². The SMILES string of the molecule is CO[C@@H]1CO1. The van der Waals surface area contributed by atoms with Crippen molar-refractivity contribution >= 4 is 0 Å². The third kappa shape index (κ3) is 0.597. The minimum absolute atomic E-state index is 0.134. The fraction of sp³-hybridized carbons (Fsp3) is 1.00. The molecule has 1 aliphatic heterocycles. The average molecular weight is 74.1 g/mol. The first-order valence-corrected chi connectivity index (χ1v) is 1.58. The third-order valence-corrected chi connectivity index (χ3v) is 0.566. The first kappa shape index (κ1) is 3.12. The zero-order valence-corrected chi connectivity index (χ0v) is 3.10. The smallest absolute Gasteiger partial charge is 0.180 e. The zero-order chi connectivity index (χ0) is 3.70. The molecule has 1 fully saturated rings. The Hall–Kier alpha value is -0.0800. The number of rotatable bonds is 1. The Bertz CT molecular complexity index is 31.9. The Kier molecular flexibility index (Phi) is 0.596. The van der Waals surface area contributed by atoms with E-state index in [1.807, 2.05) is 0 Å². The van der Waals surface area contributed by atoms with E-state index in [2.05, 4.69) is 9.47 Å². The lowest BCUT2D eigenvalue weighted by molar-refractivity contribution is 0.0950. The van der Waals surface area contributed by atoms with Gasteiger partial charge in [0, 0.05) is 7.11 Å². The normalized spacial score (nSPS) is 34.2. The summed E-state index contributed by atoms with van der Waals surface area (Å²) in [5, 5.41) is 0. The Balaban J connectivity index is 2.00. The van der Waals surface area contributed by atoms with Crippen molar-refractivity contribution in [1.29, 1.82) is 0 Å². The van der Waals surface area contributed by atoms with Crippen LogP contribution in [0.25, 0.3) is 0 Å². The molecule has 0 saturated carbocycles. The molecule has 1 heterocycles. The highest BCUT2D eigenvalue weighted by molar-refractivity contribution is 4.51. The maximum atomic E-state index is 4.64. The molecule has 0 aromatic rings. The Morgan fingerprint density at radius 1 is 2.00 bits per heavy atom. The molecule has 0 aromatic carbocycles. The highest BCUT2D eigenvalue weighted by atomic mass is 16.8. The van der Waals surface area contributed by atoms with E-state index in [0.717, 1.165) is 6.61 Å². The van der Waals surface area contributed by atoms with Gasteiger partial charge in [0.15, 0.2) is 6.29 Å². The lowest BCUT2D eigenvalue weighted by Gasteiger charge is -1.76. The molecular weight excluding hydrogens is 68.0 g/mol. The molecule has 1 aliphatic rings. The van der Waals surface area contributed by atoms with Gasteiger partial charge in [0.25, 0.3) is 0 Å². The summed E-state index contributed by atoms with van der Waals surface area (Å²) in [5.41, 5.74) is 0. The van der Waals surface area contributed by atoms with Crippen LogP contribution in [0.5, 0.6) is 0 Å². The molecule has 1 rings (SSSR count). The van der Waals surface area contributed by atoms with Crippen molar-refractivity contribution in [2.24, 2.45) is 0 Å². The van der Waals surface area contributed by atoms with Crippen molar-refractivity contribution in [2.75, 3.05) is 13.7 Å². The molecule has 0 amide bonds. The van der Waals surface area contributed by atoms with Crippen LogP contribution in [0.2, 0.25) is 0 Å². The maximum absolute atomic E-state index is 4.64. The molecule has 0 N–H and O–H groups in total. The predicted octanol–water partition coefficient (Wildman–Crippen LogP) is -0.0109. The van der Waals surface area contributed by atoms with Crippen LogP contribution in [0.4, 0.5) is 0 Å². The van der Waals surface area contributed by atoms with Gasteiger partial charge in [0.1, 0.15) is 6.61 Å². The number of ether oxygens (including phenoxy) is 2. The molecule has 1 saturated heterocycles. The molecule has 1 atom stereocenters. The summed E-state index contributed by atoms with van der Waals surface area (Å²) >= 11 is 0. The lowest BCUT2D eigenvalue weighted by atomic mass is 10.9. The first-order valence-electron chi connectivity index (χ1n) is 1.58. The molecule has 5 heavy (non-hydrogen) atoms. The minimum atomic E-state index is 0.134. The van der Waals surface area contributed by atoms with Crippen molar-refractivity contribution in [1.82, 2.24) is 0 Å². The fourth-order valence-electron chi connectivity index (χ4n) is 0.175.